The van der Waals surface area contributed by atoms with Gasteiger partial charge >= 0.3 is 0 Å². The summed E-state index contributed by atoms with van der Waals surface area (Å²) in [6.45, 7) is 3.41. The largest absolute Gasteiger partial charge is 0.481 e. The molecule has 0 aliphatic carbocycles. The van der Waals surface area contributed by atoms with Crippen LogP contribution in [0.5, 0.6) is 5.88 Å². The molecule has 5 heteroatoms. The summed E-state index contributed by atoms with van der Waals surface area (Å²) in [5.74, 6) is 1.49. The van der Waals surface area contributed by atoms with Crippen molar-refractivity contribution in [3.05, 3.63) is 46.6 Å². The number of anilines is 1. The summed E-state index contributed by atoms with van der Waals surface area (Å²) in [7, 11) is 1.68. The summed E-state index contributed by atoms with van der Waals surface area (Å²) in [5.41, 5.74) is 4.96. The minimum Gasteiger partial charge on any atom is -0.481 e. The van der Waals surface area contributed by atoms with Crippen LogP contribution in [0, 0.1) is 0 Å². The van der Waals surface area contributed by atoms with Gasteiger partial charge in [-0.2, -0.15) is 4.98 Å². The van der Waals surface area contributed by atoms with Crippen LogP contribution in [-0.2, 0) is 26.1 Å². The summed E-state index contributed by atoms with van der Waals surface area (Å²) < 4.78 is 5.44. The molecular formula is C16H18N4O. The zero-order chi connectivity index (χ0) is 14.2. The van der Waals surface area contributed by atoms with Crippen molar-refractivity contribution in [3.8, 4) is 5.88 Å². The second-order valence-electron chi connectivity index (χ2n) is 5.50. The molecule has 0 radical (unpaired) electrons. The fourth-order valence-electron chi connectivity index (χ4n) is 3.10. The number of rotatable bonds is 2. The standard InChI is InChI=1S/C16H18N4O/c1-21-15-13-8-17-9-14(13)18-16(19-15)20-7-6-11-4-2-3-5-12(11)10-20/h2-5,17H,6-10H2,1H3. The highest BCUT2D eigenvalue weighted by molar-refractivity contribution is 5.45. The summed E-state index contributed by atoms with van der Waals surface area (Å²) in [5, 5.41) is 3.31. The van der Waals surface area contributed by atoms with Crippen molar-refractivity contribution < 1.29 is 4.74 Å². The normalized spacial score (nSPS) is 16.5. The summed E-state index contributed by atoms with van der Waals surface area (Å²) >= 11 is 0. The zero-order valence-corrected chi connectivity index (χ0v) is 12.1. The Labute approximate surface area is 124 Å². The molecule has 2 aliphatic rings. The molecule has 108 valence electrons. The van der Waals surface area contributed by atoms with Crippen LogP contribution in [-0.4, -0.2) is 23.6 Å². The van der Waals surface area contributed by atoms with Gasteiger partial charge in [0.05, 0.1) is 18.4 Å². The SMILES string of the molecule is COc1nc(N2CCc3ccccc3C2)nc2c1CNC2. The zero-order valence-electron chi connectivity index (χ0n) is 12.1. The van der Waals surface area contributed by atoms with Gasteiger partial charge in [0, 0.05) is 26.2 Å². The summed E-state index contributed by atoms with van der Waals surface area (Å²) in [6.07, 6.45) is 1.04. The van der Waals surface area contributed by atoms with Gasteiger partial charge in [0.1, 0.15) is 0 Å². The average Bonchev–Trinajstić information content (AvgIpc) is 3.02. The second kappa shape index (κ2) is 5.00. The number of benzene rings is 1. The molecule has 1 N–H and O–H groups in total. The van der Waals surface area contributed by atoms with Gasteiger partial charge in [-0.25, -0.2) is 4.98 Å². The molecule has 21 heavy (non-hydrogen) atoms. The first kappa shape index (κ1) is 12.6. The molecule has 5 nitrogen and oxygen atoms in total. The van der Waals surface area contributed by atoms with Crippen molar-refractivity contribution in [2.45, 2.75) is 26.1 Å². The Hall–Kier alpha value is -2.14. The minimum absolute atomic E-state index is 0.707. The molecule has 0 unspecified atom stereocenters. The Morgan fingerprint density at radius 1 is 1.14 bits per heavy atom. The lowest BCUT2D eigenvalue weighted by Gasteiger charge is -2.29. The molecule has 2 aliphatic heterocycles. The minimum atomic E-state index is 0.707. The summed E-state index contributed by atoms with van der Waals surface area (Å²) in [6, 6.07) is 8.60. The quantitative estimate of drug-likeness (QED) is 0.907. The van der Waals surface area contributed by atoms with Crippen molar-refractivity contribution in [2.24, 2.45) is 0 Å². The molecule has 0 spiro atoms. The van der Waals surface area contributed by atoms with E-state index in [1.54, 1.807) is 7.11 Å². The second-order valence-corrected chi connectivity index (χ2v) is 5.50. The van der Waals surface area contributed by atoms with Gasteiger partial charge < -0.3 is 15.0 Å². The van der Waals surface area contributed by atoms with E-state index in [9.17, 15) is 0 Å². The molecule has 0 atom stereocenters. The first-order valence-electron chi connectivity index (χ1n) is 7.31. The maximum atomic E-state index is 5.44. The number of methoxy groups -OCH3 is 1. The Morgan fingerprint density at radius 2 is 2.00 bits per heavy atom. The van der Waals surface area contributed by atoms with Crippen molar-refractivity contribution >= 4 is 5.95 Å². The van der Waals surface area contributed by atoms with Gasteiger partial charge in [-0.3, -0.25) is 0 Å². The third-order valence-electron chi connectivity index (χ3n) is 4.24. The lowest BCUT2D eigenvalue weighted by Crippen LogP contribution is -2.32. The van der Waals surface area contributed by atoms with E-state index >= 15 is 0 Å². The lowest BCUT2D eigenvalue weighted by atomic mass is 10.0. The number of aromatic nitrogens is 2. The highest BCUT2D eigenvalue weighted by Crippen LogP contribution is 2.28. The molecule has 0 fully saturated rings. The highest BCUT2D eigenvalue weighted by atomic mass is 16.5. The van der Waals surface area contributed by atoms with Crippen LogP contribution in [0.4, 0.5) is 5.95 Å². The van der Waals surface area contributed by atoms with E-state index in [0.29, 0.717) is 5.88 Å². The summed E-state index contributed by atoms with van der Waals surface area (Å²) in [4.78, 5) is 11.6. The predicted octanol–water partition coefficient (Wildman–Crippen LogP) is 1.65. The molecule has 0 bridgehead atoms. The average molecular weight is 282 g/mol. The number of hydrogen-bond donors (Lipinski definition) is 1. The molecule has 1 aromatic carbocycles. The maximum absolute atomic E-state index is 5.44. The van der Waals surface area contributed by atoms with Crippen molar-refractivity contribution in [3.63, 3.8) is 0 Å². The van der Waals surface area contributed by atoms with Crippen LogP contribution in [0.25, 0.3) is 0 Å². The number of hydrogen-bond acceptors (Lipinski definition) is 5. The number of nitrogens with zero attached hydrogens (tertiary/aromatic N) is 3. The molecule has 0 saturated heterocycles. The van der Waals surface area contributed by atoms with E-state index < -0.39 is 0 Å². The molecular weight excluding hydrogens is 264 g/mol. The van der Waals surface area contributed by atoms with E-state index in [2.05, 4.69) is 39.5 Å². The van der Waals surface area contributed by atoms with Gasteiger partial charge in [-0.15, -0.1) is 0 Å². The van der Waals surface area contributed by atoms with E-state index in [4.69, 9.17) is 9.72 Å². The maximum Gasteiger partial charge on any atom is 0.229 e. The molecule has 2 aromatic rings. The highest BCUT2D eigenvalue weighted by Gasteiger charge is 2.24. The molecule has 0 amide bonds. The fraction of sp³-hybridized carbons (Fsp3) is 0.375. The monoisotopic (exact) mass is 282 g/mol. The van der Waals surface area contributed by atoms with Crippen molar-refractivity contribution in [2.75, 3.05) is 18.6 Å². The van der Waals surface area contributed by atoms with E-state index in [1.807, 2.05) is 0 Å². The molecule has 3 heterocycles. The van der Waals surface area contributed by atoms with Crippen LogP contribution < -0.4 is 15.0 Å². The number of fused-ring (bicyclic) bond motifs is 2. The lowest BCUT2D eigenvalue weighted by molar-refractivity contribution is 0.391. The Balaban J connectivity index is 1.69. The van der Waals surface area contributed by atoms with E-state index in [0.717, 1.165) is 49.8 Å². The number of nitrogens with one attached hydrogen (secondary N) is 1. The van der Waals surface area contributed by atoms with E-state index in [-0.39, 0.29) is 0 Å². The molecule has 4 rings (SSSR count). The Morgan fingerprint density at radius 3 is 2.86 bits per heavy atom. The van der Waals surface area contributed by atoms with Crippen molar-refractivity contribution in [1.82, 2.24) is 15.3 Å². The van der Waals surface area contributed by atoms with Crippen LogP contribution in [0.1, 0.15) is 22.4 Å². The topological polar surface area (TPSA) is 50.3 Å². The molecule has 0 saturated carbocycles. The molecule has 1 aromatic heterocycles. The third kappa shape index (κ3) is 2.14. The smallest absolute Gasteiger partial charge is 0.229 e. The Kier molecular flexibility index (Phi) is 3.00. The van der Waals surface area contributed by atoms with Gasteiger partial charge in [0.2, 0.25) is 11.8 Å². The van der Waals surface area contributed by atoms with Gasteiger partial charge in [-0.05, 0) is 17.5 Å². The first-order valence-corrected chi connectivity index (χ1v) is 7.31. The number of ether oxygens (including phenoxy) is 1. The third-order valence-corrected chi connectivity index (χ3v) is 4.24. The van der Waals surface area contributed by atoms with Gasteiger partial charge in [0.25, 0.3) is 0 Å². The van der Waals surface area contributed by atoms with Crippen LogP contribution in [0.3, 0.4) is 0 Å². The van der Waals surface area contributed by atoms with E-state index in [1.165, 1.54) is 11.1 Å². The first-order chi connectivity index (χ1) is 10.3. The van der Waals surface area contributed by atoms with Crippen molar-refractivity contribution in [1.29, 1.82) is 0 Å². The van der Waals surface area contributed by atoms with Crippen LogP contribution >= 0.6 is 0 Å². The van der Waals surface area contributed by atoms with Gasteiger partial charge in [-0.1, -0.05) is 24.3 Å². The van der Waals surface area contributed by atoms with Crippen LogP contribution in [0.2, 0.25) is 0 Å². The Bertz CT molecular complexity index is 686. The van der Waals surface area contributed by atoms with Gasteiger partial charge in [0.15, 0.2) is 0 Å². The predicted molar refractivity (Wildman–Crippen MR) is 80.3 cm³/mol. The van der Waals surface area contributed by atoms with Crippen LogP contribution in [0.15, 0.2) is 24.3 Å². The fourth-order valence-corrected chi connectivity index (χ4v) is 3.10.